The Labute approximate surface area is 77.7 Å². The Kier molecular flexibility index (Phi) is 4.72. The van der Waals surface area contributed by atoms with Gasteiger partial charge in [0.25, 0.3) is 0 Å². The van der Waals surface area contributed by atoms with Gasteiger partial charge in [-0.2, -0.15) is 0 Å². The summed E-state index contributed by atoms with van der Waals surface area (Å²) in [5, 5.41) is 0. The molecule has 1 aliphatic rings. The van der Waals surface area contributed by atoms with Gasteiger partial charge in [0, 0.05) is 0 Å². The number of hydrogen-bond acceptors (Lipinski definition) is 0. The fourth-order valence-electron chi connectivity index (χ4n) is 2.51. The lowest BCUT2D eigenvalue weighted by atomic mass is 9.75. The quantitative estimate of drug-likeness (QED) is 0.588. The van der Waals surface area contributed by atoms with Gasteiger partial charge in [-0.3, -0.25) is 0 Å². The van der Waals surface area contributed by atoms with Crippen molar-refractivity contribution in [2.75, 3.05) is 0 Å². The van der Waals surface area contributed by atoms with E-state index in [-0.39, 0.29) is 0 Å². The molecular formula is C12H23. The first-order valence-electron chi connectivity index (χ1n) is 5.67. The Morgan fingerprint density at radius 1 is 1.17 bits per heavy atom. The summed E-state index contributed by atoms with van der Waals surface area (Å²) in [4.78, 5) is 0. The van der Waals surface area contributed by atoms with Crippen LogP contribution >= 0.6 is 0 Å². The minimum absolute atomic E-state index is 0.963. The van der Waals surface area contributed by atoms with E-state index < -0.39 is 0 Å². The van der Waals surface area contributed by atoms with E-state index >= 15 is 0 Å². The number of unbranched alkanes of at least 4 members (excludes halogenated alkanes) is 1. The van der Waals surface area contributed by atoms with E-state index in [1.54, 1.807) is 0 Å². The van der Waals surface area contributed by atoms with E-state index in [9.17, 15) is 0 Å². The maximum Gasteiger partial charge on any atom is -0.0386 e. The van der Waals surface area contributed by atoms with Gasteiger partial charge in [0.2, 0.25) is 0 Å². The van der Waals surface area contributed by atoms with Crippen LogP contribution in [0.2, 0.25) is 0 Å². The topological polar surface area (TPSA) is 0 Å². The fourth-order valence-corrected chi connectivity index (χ4v) is 2.51. The van der Waals surface area contributed by atoms with Crippen LogP contribution < -0.4 is 0 Å². The van der Waals surface area contributed by atoms with Crippen LogP contribution in [-0.4, -0.2) is 0 Å². The molecule has 0 N–H and O–H groups in total. The largest absolute Gasteiger partial charge is 0.0654 e. The average molecular weight is 167 g/mol. The van der Waals surface area contributed by atoms with Gasteiger partial charge in [0.1, 0.15) is 0 Å². The number of hydrogen-bond donors (Lipinski definition) is 0. The first-order valence-corrected chi connectivity index (χ1v) is 5.67. The summed E-state index contributed by atoms with van der Waals surface area (Å²) in [6.45, 7) is 6.36. The van der Waals surface area contributed by atoms with E-state index in [0.29, 0.717) is 0 Å². The summed E-state index contributed by atoms with van der Waals surface area (Å²) in [6, 6.07) is 0. The molecule has 0 spiro atoms. The zero-order valence-corrected chi connectivity index (χ0v) is 8.52. The smallest absolute Gasteiger partial charge is 0.0386 e. The van der Waals surface area contributed by atoms with Crippen LogP contribution in [0.5, 0.6) is 0 Å². The molecule has 0 aliphatic heterocycles. The molecule has 0 aromatic rings. The summed E-state index contributed by atoms with van der Waals surface area (Å²) >= 11 is 0. The molecule has 0 amide bonds. The van der Waals surface area contributed by atoms with Crippen molar-refractivity contribution in [2.45, 2.75) is 58.3 Å². The third kappa shape index (κ3) is 2.80. The molecule has 12 heavy (non-hydrogen) atoms. The molecule has 0 aromatic heterocycles. The van der Waals surface area contributed by atoms with Crippen molar-refractivity contribution in [1.82, 2.24) is 0 Å². The fraction of sp³-hybridized carbons (Fsp3) is 0.917. The third-order valence-electron chi connectivity index (χ3n) is 3.37. The molecule has 2 unspecified atom stereocenters. The Morgan fingerprint density at radius 2 is 1.83 bits per heavy atom. The molecule has 0 heteroatoms. The minimum atomic E-state index is 0.963. The normalized spacial score (nSPS) is 30.5. The third-order valence-corrected chi connectivity index (χ3v) is 3.37. The molecule has 1 saturated carbocycles. The summed E-state index contributed by atoms with van der Waals surface area (Å²) in [6.07, 6.45) is 11.3. The van der Waals surface area contributed by atoms with Crippen molar-refractivity contribution in [2.24, 2.45) is 11.8 Å². The van der Waals surface area contributed by atoms with Crippen LogP contribution in [0.4, 0.5) is 0 Å². The lowest BCUT2D eigenvalue weighted by Crippen LogP contribution is -2.18. The van der Waals surface area contributed by atoms with E-state index in [0.717, 1.165) is 11.8 Å². The van der Waals surface area contributed by atoms with Crippen LogP contribution in [0.15, 0.2) is 0 Å². The average Bonchev–Trinajstić information content (AvgIpc) is 2.15. The molecule has 1 fully saturated rings. The van der Waals surface area contributed by atoms with Crippen LogP contribution in [0.1, 0.15) is 58.3 Å². The standard InChI is InChI=1S/C12H23/c1-3-5-8-12-10-7-6-9-11(12)4-2/h11-12H,2-10H2,1H3. The van der Waals surface area contributed by atoms with Gasteiger partial charge in [-0.1, -0.05) is 65.2 Å². The van der Waals surface area contributed by atoms with Crippen LogP contribution in [0.3, 0.4) is 0 Å². The highest BCUT2D eigenvalue weighted by Gasteiger charge is 2.22. The van der Waals surface area contributed by atoms with E-state index in [1.165, 1.54) is 51.4 Å². The monoisotopic (exact) mass is 167 g/mol. The molecule has 1 aliphatic carbocycles. The van der Waals surface area contributed by atoms with Gasteiger partial charge in [0.05, 0.1) is 0 Å². The first-order chi connectivity index (χ1) is 5.88. The van der Waals surface area contributed by atoms with Crippen LogP contribution in [0, 0.1) is 18.8 Å². The Bertz CT molecular complexity index is 107. The van der Waals surface area contributed by atoms with Gasteiger partial charge in [-0.15, -0.1) is 0 Å². The van der Waals surface area contributed by atoms with Crippen molar-refractivity contribution in [3.05, 3.63) is 6.92 Å². The lowest BCUT2D eigenvalue weighted by Gasteiger charge is -2.30. The predicted octanol–water partition coefficient (Wildman–Crippen LogP) is 4.21. The van der Waals surface area contributed by atoms with E-state index in [2.05, 4.69) is 13.8 Å². The first kappa shape index (κ1) is 10.1. The Hall–Kier alpha value is 0. The van der Waals surface area contributed by atoms with Crippen molar-refractivity contribution >= 4 is 0 Å². The molecule has 0 bridgehead atoms. The van der Waals surface area contributed by atoms with Gasteiger partial charge in [0.15, 0.2) is 0 Å². The second-order valence-electron chi connectivity index (χ2n) is 4.24. The van der Waals surface area contributed by atoms with Crippen molar-refractivity contribution in [3.63, 3.8) is 0 Å². The van der Waals surface area contributed by atoms with Crippen LogP contribution in [0.25, 0.3) is 0 Å². The molecule has 0 nitrogen and oxygen atoms in total. The molecule has 1 radical (unpaired) electrons. The molecule has 2 atom stereocenters. The van der Waals surface area contributed by atoms with Gasteiger partial charge in [-0.05, 0) is 11.8 Å². The minimum Gasteiger partial charge on any atom is -0.0654 e. The summed E-state index contributed by atoms with van der Waals surface area (Å²) in [7, 11) is 0. The highest BCUT2D eigenvalue weighted by molar-refractivity contribution is 4.75. The molecule has 0 saturated heterocycles. The Balaban J connectivity index is 2.26. The van der Waals surface area contributed by atoms with Crippen molar-refractivity contribution in [3.8, 4) is 0 Å². The summed E-state index contributed by atoms with van der Waals surface area (Å²) in [5.74, 6) is 1.99. The maximum atomic E-state index is 4.07. The zero-order valence-electron chi connectivity index (χ0n) is 8.52. The number of rotatable bonds is 4. The molecular weight excluding hydrogens is 144 g/mol. The molecule has 71 valence electrons. The van der Waals surface area contributed by atoms with Crippen molar-refractivity contribution < 1.29 is 0 Å². The second-order valence-corrected chi connectivity index (χ2v) is 4.24. The molecule has 0 heterocycles. The Morgan fingerprint density at radius 3 is 2.42 bits per heavy atom. The van der Waals surface area contributed by atoms with Crippen molar-refractivity contribution in [1.29, 1.82) is 0 Å². The SMILES string of the molecule is [CH2]CC1CCCCC1CCCC. The van der Waals surface area contributed by atoms with Gasteiger partial charge >= 0.3 is 0 Å². The zero-order chi connectivity index (χ0) is 8.81. The summed E-state index contributed by atoms with van der Waals surface area (Å²) in [5.41, 5.74) is 0. The van der Waals surface area contributed by atoms with E-state index in [1.807, 2.05) is 0 Å². The summed E-state index contributed by atoms with van der Waals surface area (Å²) < 4.78 is 0. The van der Waals surface area contributed by atoms with Gasteiger partial charge < -0.3 is 0 Å². The lowest BCUT2D eigenvalue weighted by molar-refractivity contribution is 0.221. The second kappa shape index (κ2) is 5.61. The highest BCUT2D eigenvalue weighted by atomic mass is 14.3. The molecule has 1 rings (SSSR count). The highest BCUT2D eigenvalue weighted by Crippen LogP contribution is 2.35. The van der Waals surface area contributed by atoms with E-state index in [4.69, 9.17) is 0 Å². The molecule has 0 aromatic carbocycles. The van der Waals surface area contributed by atoms with Crippen LogP contribution in [-0.2, 0) is 0 Å². The maximum absolute atomic E-state index is 4.07. The predicted molar refractivity (Wildman–Crippen MR) is 54.9 cm³/mol. The van der Waals surface area contributed by atoms with Gasteiger partial charge in [-0.25, -0.2) is 0 Å².